The monoisotopic (exact) mass is 511 g/mol. The zero-order chi connectivity index (χ0) is 27.1. The van der Waals surface area contributed by atoms with Crippen molar-refractivity contribution in [1.29, 1.82) is 0 Å². The lowest BCUT2D eigenvalue weighted by Gasteiger charge is -2.26. The van der Waals surface area contributed by atoms with Crippen molar-refractivity contribution >= 4 is 34.6 Å². The van der Waals surface area contributed by atoms with Crippen molar-refractivity contribution in [2.24, 2.45) is 11.7 Å². The summed E-state index contributed by atoms with van der Waals surface area (Å²) in [5, 5.41) is 18.5. The van der Waals surface area contributed by atoms with Gasteiger partial charge in [-0.3, -0.25) is 14.4 Å². The largest absolute Gasteiger partial charge is 0.480 e. The summed E-state index contributed by atoms with van der Waals surface area (Å²) in [5.74, 6) is -3.29. The molecule has 4 unspecified atom stereocenters. The van der Waals surface area contributed by atoms with Gasteiger partial charge in [0.25, 0.3) is 0 Å². The normalized spacial score (nSPS) is 14.5. The van der Waals surface area contributed by atoms with Crippen LogP contribution in [0.4, 0.5) is 0 Å². The number of amides is 3. The molecule has 0 saturated carbocycles. The number of nitrogens with zero attached hydrogens (tertiary/aromatic N) is 1. The third-order valence-corrected chi connectivity index (χ3v) is 5.99. The summed E-state index contributed by atoms with van der Waals surface area (Å²) in [7, 11) is 0. The molecule has 198 valence electrons. The highest BCUT2D eigenvalue weighted by Crippen LogP contribution is 2.19. The maximum atomic E-state index is 13.3. The van der Waals surface area contributed by atoms with Crippen LogP contribution in [0.3, 0.4) is 0 Å². The number of benzene rings is 1. The van der Waals surface area contributed by atoms with E-state index in [-0.39, 0.29) is 18.8 Å². The number of aliphatic carboxylic acids is 1. The molecule has 0 radical (unpaired) electrons. The van der Waals surface area contributed by atoms with Crippen molar-refractivity contribution in [3.8, 4) is 0 Å². The molecule has 0 aliphatic heterocycles. The third kappa shape index (κ3) is 7.17. The highest BCUT2D eigenvalue weighted by Gasteiger charge is 2.32. The topological polar surface area (TPSA) is 195 Å². The minimum Gasteiger partial charge on any atom is -0.480 e. The Labute approximate surface area is 213 Å². The predicted octanol–water partition coefficient (Wildman–Crippen LogP) is 0.218. The van der Waals surface area contributed by atoms with Crippen LogP contribution < -0.4 is 21.7 Å². The summed E-state index contributed by atoms with van der Waals surface area (Å²) in [6.45, 7) is 4.99. The van der Waals surface area contributed by atoms with Crippen molar-refractivity contribution in [2.75, 3.05) is 0 Å². The number of rotatable bonds is 12. The molecule has 12 heteroatoms. The summed E-state index contributed by atoms with van der Waals surface area (Å²) in [5.41, 5.74) is 7.77. The fourth-order valence-electron chi connectivity index (χ4n) is 3.90. The van der Waals surface area contributed by atoms with Crippen molar-refractivity contribution < 1.29 is 24.3 Å². The maximum absolute atomic E-state index is 13.3. The van der Waals surface area contributed by atoms with Crippen LogP contribution >= 0.6 is 0 Å². The summed E-state index contributed by atoms with van der Waals surface area (Å²) >= 11 is 0. The van der Waals surface area contributed by atoms with Gasteiger partial charge in [-0.2, -0.15) is 0 Å². The Morgan fingerprint density at radius 3 is 2.27 bits per heavy atom. The fourth-order valence-corrected chi connectivity index (χ4v) is 3.90. The van der Waals surface area contributed by atoms with Crippen LogP contribution in [0.1, 0.15) is 32.0 Å². The fraction of sp³-hybridized carbons (Fsp3) is 0.400. The van der Waals surface area contributed by atoms with Crippen molar-refractivity contribution in [3.05, 3.63) is 54.2 Å². The molecule has 0 saturated heterocycles. The Kier molecular flexibility index (Phi) is 9.01. The third-order valence-electron chi connectivity index (χ3n) is 5.99. The first-order valence-electron chi connectivity index (χ1n) is 12.0. The van der Waals surface area contributed by atoms with Gasteiger partial charge in [0, 0.05) is 41.8 Å². The highest BCUT2D eigenvalue weighted by atomic mass is 16.4. The van der Waals surface area contributed by atoms with E-state index < -0.39 is 47.9 Å². The number of aromatic nitrogens is 3. The van der Waals surface area contributed by atoms with Crippen LogP contribution in [-0.2, 0) is 32.0 Å². The Hall–Kier alpha value is -4.19. The zero-order valence-corrected chi connectivity index (χ0v) is 20.9. The average molecular weight is 512 g/mol. The maximum Gasteiger partial charge on any atom is 0.326 e. The lowest BCUT2D eigenvalue weighted by atomic mass is 10.0. The zero-order valence-electron chi connectivity index (χ0n) is 20.9. The summed E-state index contributed by atoms with van der Waals surface area (Å²) < 4.78 is 0. The van der Waals surface area contributed by atoms with E-state index in [0.717, 1.165) is 16.5 Å². The number of imidazole rings is 1. The number of nitrogens with one attached hydrogen (secondary N) is 5. The van der Waals surface area contributed by atoms with Gasteiger partial charge in [-0.25, -0.2) is 9.78 Å². The Morgan fingerprint density at radius 2 is 1.65 bits per heavy atom. The van der Waals surface area contributed by atoms with Gasteiger partial charge in [0.2, 0.25) is 17.7 Å². The standard InChI is InChI=1S/C25H33N7O5/c1-13(2)21(32-22(33)14(3)26)24(35)30-19(9-16-11-27-12-29-16)23(34)31-20(25(36)37)8-15-10-28-18-7-5-4-6-17(15)18/h4-7,10-14,19-21,28H,8-9,26H2,1-3H3,(H,27,29)(H,30,35)(H,31,34)(H,32,33)(H,36,37). The van der Waals surface area contributed by atoms with E-state index >= 15 is 0 Å². The van der Waals surface area contributed by atoms with E-state index in [1.807, 2.05) is 24.3 Å². The number of fused-ring (bicyclic) bond motifs is 1. The van der Waals surface area contributed by atoms with Gasteiger partial charge in [-0.1, -0.05) is 32.0 Å². The summed E-state index contributed by atoms with van der Waals surface area (Å²) in [6.07, 6.45) is 4.72. The number of carbonyl (C=O) groups is 4. The molecule has 0 aliphatic rings. The number of carbonyl (C=O) groups excluding carboxylic acids is 3. The van der Waals surface area contributed by atoms with Crippen molar-refractivity contribution in [1.82, 2.24) is 30.9 Å². The number of carboxylic acids is 1. The molecule has 12 nitrogen and oxygen atoms in total. The van der Waals surface area contributed by atoms with Crippen LogP contribution in [0.5, 0.6) is 0 Å². The Balaban J connectivity index is 1.79. The van der Waals surface area contributed by atoms with Crippen molar-refractivity contribution in [2.45, 2.75) is 57.8 Å². The van der Waals surface area contributed by atoms with E-state index in [2.05, 4.69) is 30.9 Å². The molecule has 2 aromatic heterocycles. The average Bonchev–Trinajstić information content (AvgIpc) is 3.51. The minimum atomic E-state index is -1.24. The smallest absolute Gasteiger partial charge is 0.326 e. The van der Waals surface area contributed by atoms with Crippen LogP contribution in [0.2, 0.25) is 0 Å². The second kappa shape index (κ2) is 12.2. The number of hydrogen-bond acceptors (Lipinski definition) is 6. The number of nitrogens with two attached hydrogens (primary N) is 1. The lowest BCUT2D eigenvalue weighted by molar-refractivity contribution is -0.142. The highest BCUT2D eigenvalue weighted by molar-refractivity contribution is 5.94. The van der Waals surface area contributed by atoms with E-state index in [1.54, 1.807) is 20.0 Å². The van der Waals surface area contributed by atoms with Gasteiger partial charge in [0.15, 0.2) is 0 Å². The van der Waals surface area contributed by atoms with Crippen molar-refractivity contribution in [3.63, 3.8) is 0 Å². The molecule has 1 aromatic carbocycles. The van der Waals surface area contributed by atoms with Gasteiger partial charge in [-0.15, -0.1) is 0 Å². The SMILES string of the molecule is CC(N)C(=O)NC(C(=O)NC(Cc1cnc[nH]1)C(=O)NC(Cc1c[nH]c2ccccc12)C(=O)O)C(C)C. The van der Waals surface area contributed by atoms with E-state index in [0.29, 0.717) is 5.69 Å². The first kappa shape index (κ1) is 27.4. The Morgan fingerprint density at radius 1 is 0.946 bits per heavy atom. The van der Waals surface area contributed by atoms with E-state index in [4.69, 9.17) is 5.73 Å². The molecule has 8 N–H and O–H groups in total. The van der Waals surface area contributed by atoms with Crippen LogP contribution in [0.25, 0.3) is 10.9 Å². The summed E-state index contributed by atoms with van der Waals surface area (Å²) in [6, 6.07) is 3.31. The molecule has 3 rings (SSSR count). The van der Waals surface area contributed by atoms with Crippen LogP contribution in [0.15, 0.2) is 43.0 Å². The molecular formula is C25H33N7O5. The number of H-pyrrole nitrogens is 2. The molecular weight excluding hydrogens is 478 g/mol. The summed E-state index contributed by atoms with van der Waals surface area (Å²) in [4.78, 5) is 60.5. The quantitative estimate of drug-likeness (QED) is 0.180. The second-order valence-electron chi connectivity index (χ2n) is 9.32. The number of para-hydroxylation sites is 1. The van der Waals surface area contributed by atoms with E-state index in [9.17, 15) is 24.3 Å². The molecule has 3 amide bonds. The number of aromatic amines is 2. The first-order valence-corrected chi connectivity index (χ1v) is 12.0. The van der Waals surface area contributed by atoms with E-state index in [1.165, 1.54) is 19.4 Å². The second-order valence-corrected chi connectivity index (χ2v) is 9.32. The minimum absolute atomic E-state index is 0.0308. The Bertz CT molecular complexity index is 1240. The first-order chi connectivity index (χ1) is 17.6. The lowest BCUT2D eigenvalue weighted by Crippen LogP contribution is -2.58. The van der Waals surface area contributed by atoms with Gasteiger partial charge >= 0.3 is 5.97 Å². The molecule has 0 fully saturated rings. The molecule has 3 aromatic rings. The molecule has 0 spiro atoms. The predicted molar refractivity (Wildman–Crippen MR) is 136 cm³/mol. The van der Waals surface area contributed by atoms with Gasteiger partial charge in [0.05, 0.1) is 12.4 Å². The molecule has 2 heterocycles. The number of carboxylic acid groups (broad SMARTS) is 1. The molecule has 37 heavy (non-hydrogen) atoms. The molecule has 0 bridgehead atoms. The van der Waals surface area contributed by atoms with Gasteiger partial charge in [-0.05, 0) is 24.5 Å². The van der Waals surface area contributed by atoms with Gasteiger partial charge in [0.1, 0.15) is 18.1 Å². The van der Waals surface area contributed by atoms with Crippen LogP contribution in [0, 0.1) is 5.92 Å². The molecule has 0 aliphatic carbocycles. The number of hydrogen-bond donors (Lipinski definition) is 7. The van der Waals surface area contributed by atoms with Crippen LogP contribution in [-0.4, -0.2) is 67.9 Å². The molecule has 4 atom stereocenters. The van der Waals surface area contributed by atoms with Gasteiger partial charge < -0.3 is 36.8 Å².